The molecule has 0 spiro atoms. The highest BCUT2D eigenvalue weighted by Gasteiger charge is 2.54. The summed E-state index contributed by atoms with van der Waals surface area (Å²) in [6, 6.07) is 2.92. The summed E-state index contributed by atoms with van der Waals surface area (Å²) in [6.07, 6.45) is 0.179. The molecule has 3 heterocycles. The molecule has 26 heavy (non-hydrogen) atoms. The van der Waals surface area contributed by atoms with Crippen LogP contribution in [0.25, 0.3) is 0 Å². The van der Waals surface area contributed by atoms with E-state index in [1.807, 2.05) is 17.5 Å². The third kappa shape index (κ3) is 3.61. The van der Waals surface area contributed by atoms with E-state index in [1.165, 1.54) is 30.0 Å². The summed E-state index contributed by atoms with van der Waals surface area (Å²) < 4.78 is 4.87. The zero-order valence-corrected chi connectivity index (χ0v) is 15.4. The average molecular weight is 396 g/mol. The molecule has 0 aromatic carbocycles. The number of carbonyl (C=O) groups excluding carboxylic acids is 3. The van der Waals surface area contributed by atoms with Crippen LogP contribution in [0.2, 0.25) is 0 Å². The molecule has 2 atom stereocenters. The van der Waals surface area contributed by atoms with Crippen molar-refractivity contribution in [2.24, 2.45) is 0 Å². The van der Waals surface area contributed by atoms with Gasteiger partial charge in [-0.15, -0.1) is 23.1 Å². The van der Waals surface area contributed by atoms with Crippen LogP contribution in [0.5, 0.6) is 0 Å². The van der Waals surface area contributed by atoms with Gasteiger partial charge in [-0.1, -0.05) is 6.07 Å². The van der Waals surface area contributed by atoms with Gasteiger partial charge in [-0.2, -0.15) is 0 Å². The minimum absolute atomic E-state index is 0.163. The van der Waals surface area contributed by atoms with Crippen LogP contribution in [0, 0.1) is 0 Å². The minimum Gasteiger partial charge on any atom is -0.477 e. The van der Waals surface area contributed by atoms with Crippen molar-refractivity contribution in [1.82, 2.24) is 10.2 Å². The summed E-state index contributed by atoms with van der Waals surface area (Å²) in [7, 11) is 0. The van der Waals surface area contributed by atoms with E-state index in [9.17, 15) is 24.3 Å². The van der Waals surface area contributed by atoms with E-state index in [2.05, 4.69) is 5.32 Å². The Morgan fingerprint density at radius 3 is 2.81 bits per heavy atom. The SMILES string of the molecule is CC(=O)OCC1=C(C(=O)O)N2C(=O)[C@@H](NC(=O)Cc3cccs3)C2SC1. The van der Waals surface area contributed by atoms with Crippen LogP contribution in [-0.2, 0) is 30.3 Å². The lowest BCUT2D eigenvalue weighted by Gasteiger charge is -2.49. The second-order valence-corrected chi connectivity index (χ2v) is 7.89. The number of ether oxygens (including phenoxy) is 1. The Kier molecular flexibility index (Phi) is 5.33. The first-order chi connectivity index (χ1) is 12.4. The van der Waals surface area contributed by atoms with Gasteiger partial charge in [0.05, 0.1) is 6.42 Å². The number of carboxylic acids is 1. The summed E-state index contributed by atoms with van der Waals surface area (Å²) in [5, 5.41) is 13.5. The van der Waals surface area contributed by atoms with Gasteiger partial charge >= 0.3 is 11.9 Å². The van der Waals surface area contributed by atoms with Crippen LogP contribution in [0.4, 0.5) is 0 Å². The van der Waals surface area contributed by atoms with Crippen molar-refractivity contribution < 1.29 is 29.0 Å². The van der Waals surface area contributed by atoms with Gasteiger partial charge in [-0.3, -0.25) is 19.3 Å². The number of β-lactam (4-membered cyclic amide) rings is 1. The lowest BCUT2D eigenvalue weighted by atomic mass is 10.0. The second kappa shape index (κ2) is 7.50. The first-order valence-electron chi connectivity index (χ1n) is 7.73. The first-order valence-corrected chi connectivity index (χ1v) is 9.66. The average Bonchev–Trinajstić information content (AvgIpc) is 3.09. The Morgan fingerprint density at radius 2 is 2.19 bits per heavy atom. The standard InChI is InChI=1S/C16H16N2O6S2/c1-8(19)24-6-9-7-26-15-12(14(21)18(15)13(9)16(22)23)17-11(20)5-10-3-2-4-25-10/h2-4,12,15H,5-7H2,1H3,(H,17,20)(H,22,23)/t12-,15?/m1/s1. The summed E-state index contributed by atoms with van der Waals surface area (Å²) in [5.74, 6) is -2.23. The highest BCUT2D eigenvalue weighted by Crippen LogP contribution is 2.40. The van der Waals surface area contributed by atoms with Gasteiger partial charge in [0.1, 0.15) is 23.7 Å². The molecule has 0 radical (unpaired) electrons. The number of hydrogen-bond acceptors (Lipinski definition) is 7. The minimum atomic E-state index is -1.26. The Morgan fingerprint density at radius 1 is 1.42 bits per heavy atom. The van der Waals surface area contributed by atoms with E-state index in [-0.39, 0.29) is 24.6 Å². The predicted octanol–water partition coefficient (Wildman–Crippen LogP) is 0.592. The van der Waals surface area contributed by atoms with Crippen molar-refractivity contribution in [1.29, 1.82) is 0 Å². The van der Waals surface area contributed by atoms with Crippen molar-refractivity contribution in [3.8, 4) is 0 Å². The molecule has 10 heteroatoms. The van der Waals surface area contributed by atoms with Gasteiger partial charge in [-0.05, 0) is 11.4 Å². The van der Waals surface area contributed by atoms with Gasteiger partial charge in [0.2, 0.25) is 5.91 Å². The maximum absolute atomic E-state index is 12.4. The molecule has 2 amide bonds. The number of esters is 1. The number of nitrogens with one attached hydrogen (secondary N) is 1. The molecule has 138 valence electrons. The fourth-order valence-corrected chi connectivity index (χ4v) is 4.81. The monoisotopic (exact) mass is 396 g/mol. The normalized spacial score (nSPS) is 21.7. The summed E-state index contributed by atoms with van der Waals surface area (Å²) in [5.41, 5.74) is 0.203. The molecular weight excluding hydrogens is 380 g/mol. The van der Waals surface area contributed by atoms with E-state index < -0.39 is 29.3 Å². The van der Waals surface area contributed by atoms with Crippen LogP contribution in [0.1, 0.15) is 11.8 Å². The molecule has 1 unspecified atom stereocenters. The van der Waals surface area contributed by atoms with Crippen LogP contribution in [0.15, 0.2) is 28.8 Å². The molecule has 1 saturated heterocycles. The molecule has 0 aliphatic carbocycles. The molecule has 8 nitrogen and oxygen atoms in total. The molecule has 2 aliphatic rings. The number of aliphatic carboxylic acids is 1. The third-order valence-electron chi connectivity index (χ3n) is 3.93. The highest BCUT2D eigenvalue weighted by molar-refractivity contribution is 8.00. The second-order valence-electron chi connectivity index (χ2n) is 5.75. The molecule has 2 N–H and O–H groups in total. The lowest BCUT2D eigenvalue weighted by Crippen LogP contribution is -2.70. The Labute approximate surface area is 157 Å². The highest BCUT2D eigenvalue weighted by atomic mass is 32.2. The van der Waals surface area contributed by atoms with E-state index in [0.29, 0.717) is 11.3 Å². The van der Waals surface area contributed by atoms with Crippen LogP contribution in [-0.4, -0.2) is 57.5 Å². The van der Waals surface area contributed by atoms with Crippen LogP contribution >= 0.6 is 23.1 Å². The number of hydrogen-bond donors (Lipinski definition) is 2. The first kappa shape index (κ1) is 18.5. The Bertz CT molecular complexity index is 789. The number of rotatable bonds is 6. The number of carboxylic acid groups (broad SMARTS) is 1. The molecule has 1 aromatic rings. The molecule has 1 aromatic heterocycles. The topological polar surface area (TPSA) is 113 Å². The number of nitrogens with zero attached hydrogens (tertiary/aromatic N) is 1. The Hall–Kier alpha value is -2.33. The predicted molar refractivity (Wildman–Crippen MR) is 94.3 cm³/mol. The fraction of sp³-hybridized carbons (Fsp3) is 0.375. The number of carbonyl (C=O) groups is 4. The third-order valence-corrected chi connectivity index (χ3v) is 6.15. The smallest absolute Gasteiger partial charge is 0.352 e. The maximum atomic E-state index is 12.4. The molecule has 0 saturated carbocycles. The maximum Gasteiger partial charge on any atom is 0.352 e. The molecule has 1 fully saturated rings. The zero-order valence-electron chi connectivity index (χ0n) is 13.8. The number of fused-ring (bicyclic) bond motifs is 1. The lowest BCUT2D eigenvalue weighted by molar-refractivity contribution is -0.151. The molecule has 2 aliphatic heterocycles. The van der Waals surface area contributed by atoms with Crippen molar-refractivity contribution in [2.45, 2.75) is 24.8 Å². The van der Waals surface area contributed by atoms with Crippen molar-refractivity contribution in [3.63, 3.8) is 0 Å². The quantitative estimate of drug-likeness (QED) is 0.534. The van der Waals surface area contributed by atoms with Gasteiger partial charge < -0.3 is 15.2 Å². The summed E-state index contributed by atoms with van der Waals surface area (Å²) in [4.78, 5) is 49.2. The van der Waals surface area contributed by atoms with E-state index in [1.54, 1.807) is 0 Å². The Balaban J connectivity index is 1.69. The van der Waals surface area contributed by atoms with Crippen LogP contribution in [0.3, 0.4) is 0 Å². The largest absolute Gasteiger partial charge is 0.477 e. The zero-order chi connectivity index (χ0) is 18.8. The van der Waals surface area contributed by atoms with E-state index in [4.69, 9.17) is 4.74 Å². The number of amides is 2. The van der Waals surface area contributed by atoms with Crippen LogP contribution < -0.4 is 5.32 Å². The molecule has 3 rings (SSSR count). The number of thiophene rings is 1. The van der Waals surface area contributed by atoms with Crippen molar-refractivity contribution >= 4 is 46.9 Å². The fourth-order valence-electron chi connectivity index (χ4n) is 2.78. The van der Waals surface area contributed by atoms with Gasteiger partial charge in [0.25, 0.3) is 5.91 Å². The number of thioether (sulfide) groups is 1. The molecular formula is C16H16N2O6S2. The summed E-state index contributed by atoms with van der Waals surface area (Å²) in [6.45, 7) is 1.06. The van der Waals surface area contributed by atoms with Gasteiger partial charge in [0, 0.05) is 23.1 Å². The van der Waals surface area contributed by atoms with E-state index in [0.717, 1.165) is 9.78 Å². The van der Waals surface area contributed by atoms with Gasteiger partial charge in [-0.25, -0.2) is 4.79 Å². The molecule has 0 bridgehead atoms. The van der Waals surface area contributed by atoms with Crippen molar-refractivity contribution in [2.75, 3.05) is 12.4 Å². The summed E-state index contributed by atoms with van der Waals surface area (Å²) >= 11 is 2.79. The van der Waals surface area contributed by atoms with E-state index >= 15 is 0 Å². The van der Waals surface area contributed by atoms with Gasteiger partial charge in [0.15, 0.2) is 0 Å². The van der Waals surface area contributed by atoms with Crippen molar-refractivity contribution in [3.05, 3.63) is 33.7 Å².